The molecule has 0 radical (unpaired) electrons. The van der Waals surface area contributed by atoms with E-state index in [2.05, 4.69) is 39.9 Å². The Morgan fingerprint density at radius 2 is 1.94 bits per heavy atom. The van der Waals surface area contributed by atoms with Gasteiger partial charge in [0.25, 0.3) is 0 Å². The molecule has 0 atom stereocenters. The molecule has 1 aromatic carbocycles. The van der Waals surface area contributed by atoms with Crippen molar-refractivity contribution >= 4 is 0 Å². The Labute approximate surface area is 107 Å². The minimum absolute atomic E-state index is 0.718. The summed E-state index contributed by atoms with van der Waals surface area (Å²) >= 11 is 0. The fraction of sp³-hybridized carbons (Fsp3) is 0.429. The average Bonchev–Trinajstić information content (AvgIpc) is 2.89. The van der Waals surface area contributed by atoms with Crippen molar-refractivity contribution in [1.29, 1.82) is 0 Å². The maximum Gasteiger partial charge on any atom is 0.0885 e. The van der Waals surface area contributed by atoms with Gasteiger partial charge >= 0.3 is 0 Å². The molecule has 3 rings (SSSR count). The number of hydrogen-bond acceptors (Lipinski definition) is 3. The highest BCUT2D eigenvalue weighted by molar-refractivity contribution is 5.57. The van der Waals surface area contributed by atoms with Crippen LogP contribution in [0.3, 0.4) is 0 Å². The number of aromatic nitrogens is 3. The van der Waals surface area contributed by atoms with E-state index in [1.54, 1.807) is 0 Å². The Balaban J connectivity index is 1.79. The standard InChI is InChI=1S/C14H18N4/c1-2-4-13(5-3-1)14-10-16-17-18(14)11-12-6-8-15-9-7-12/h1-5,10,12,15H,6-9,11H2. The second kappa shape index (κ2) is 5.31. The number of rotatable bonds is 3. The highest BCUT2D eigenvalue weighted by Crippen LogP contribution is 2.20. The molecule has 1 saturated heterocycles. The zero-order valence-electron chi connectivity index (χ0n) is 10.4. The summed E-state index contributed by atoms with van der Waals surface area (Å²) in [7, 11) is 0. The van der Waals surface area contributed by atoms with Crippen molar-refractivity contribution in [2.75, 3.05) is 13.1 Å². The van der Waals surface area contributed by atoms with Crippen molar-refractivity contribution in [3.05, 3.63) is 36.5 Å². The van der Waals surface area contributed by atoms with Crippen LogP contribution in [0.4, 0.5) is 0 Å². The highest BCUT2D eigenvalue weighted by atomic mass is 15.4. The summed E-state index contributed by atoms with van der Waals surface area (Å²) in [4.78, 5) is 0. The van der Waals surface area contributed by atoms with Crippen LogP contribution in [-0.2, 0) is 6.54 Å². The van der Waals surface area contributed by atoms with Gasteiger partial charge in [-0.1, -0.05) is 35.5 Å². The molecule has 2 heterocycles. The van der Waals surface area contributed by atoms with Gasteiger partial charge in [-0.25, -0.2) is 4.68 Å². The molecule has 0 amide bonds. The summed E-state index contributed by atoms with van der Waals surface area (Å²) < 4.78 is 2.05. The van der Waals surface area contributed by atoms with Crippen molar-refractivity contribution in [3.63, 3.8) is 0 Å². The summed E-state index contributed by atoms with van der Waals surface area (Å²) in [5.41, 5.74) is 2.31. The first-order valence-corrected chi connectivity index (χ1v) is 6.58. The lowest BCUT2D eigenvalue weighted by Crippen LogP contribution is -2.30. The van der Waals surface area contributed by atoms with Gasteiger partial charge in [-0.15, -0.1) is 5.10 Å². The molecule has 0 spiro atoms. The van der Waals surface area contributed by atoms with Crippen LogP contribution < -0.4 is 5.32 Å². The fourth-order valence-electron chi connectivity index (χ4n) is 2.53. The second-order valence-electron chi connectivity index (χ2n) is 4.86. The predicted octanol–water partition coefficient (Wildman–Crippen LogP) is 1.94. The molecule has 0 saturated carbocycles. The lowest BCUT2D eigenvalue weighted by atomic mass is 9.98. The van der Waals surface area contributed by atoms with E-state index in [9.17, 15) is 0 Å². The first-order valence-electron chi connectivity index (χ1n) is 6.58. The molecule has 1 fully saturated rings. The minimum atomic E-state index is 0.718. The molecule has 1 aliphatic rings. The average molecular weight is 242 g/mol. The van der Waals surface area contributed by atoms with E-state index in [1.165, 1.54) is 18.4 Å². The van der Waals surface area contributed by atoms with Crippen molar-refractivity contribution in [3.8, 4) is 11.3 Å². The summed E-state index contributed by atoms with van der Waals surface area (Å²) in [6.07, 6.45) is 4.32. The van der Waals surface area contributed by atoms with E-state index in [1.807, 2.05) is 16.9 Å². The Kier molecular flexibility index (Phi) is 3.37. The van der Waals surface area contributed by atoms with Gasteiger partial charge in [-0.3, -0.25) is 0 Å². The quantitative estimate of drug-likeness (QED) is 0.894. The van der Waals surface area contributed by atoms with Crippen LogP contribution in [0, 0.1) is 5.92 Å². The van der Waals surface area contributed by atoms with Gasteiger partial charge in [-0.05, 0) is 31.8 Å². The smallest absolute Gasteiger partial charge is 0.0885 e. The van der Waals surface area contributed by atoms with Gasteiger partial charge in [0.15, 0.2) is 0 Å². The molecule has 1 N–H and O–H groups in total. The first-order chi connectivity index (χ1) is 8.93. The third-order valence-electron chi connectivity index (χ3n) is 3.58. The van der Waals surface area contributed by atoms with Gasteiger partial charge in [0.1, 0.15) is 0 Å². The maximum absolute atomic E-state index is 4.23. The second-order valence-corrected chi connectivity index (χ2v) is 4.86. The Hall–Kier alpha value is -1.68. The summed E-state index contributed by atoms with van der Waals surface area (Å²) in [6, 6.07) is 10.4. The Morgan fingerprint density at radius 3 is 2.72 bits per heavy atom. The molecule has 0 aliphatic carbocycles. The van der Waals surface area contributed by atoms with Crippen molar-refractivity contribution < 1.29 is 0 Å². The number of nitrogens with zero attached hydrogens (tertiary/aromatic N) is 3. The van der Waals surface area contributed by atoms with Crippen LogP contribution in [0.1, 0.15) is 12.8 Å². The lowest BCUT2D eigenvalue weighted by Gasteiger charge is -2.22. The van der Waals surface area contributed by atoms with E-state index in [4.69, 9.17) is 0 Å². The highest BCUT2D eigenvalue weighted by Gasteiger charge is 2.16. The van der Waals surface area contributed by atoms with Crippen LogP contribution >= 0.6 is 0 Å². The summed E-state index contributed by atoms with van der Waals surface area (Å²) in [6.45, 7) is 3.23. The van der Waals surface area contributed by atoms with Crippen molar-refractivity contribution in [2.24, 2.45) is 5.92 Å². The topological polar surface area (TPSA) is 42.7 Å². The predicted molar refractivity (Wildman–Crippen MR) is 71.1 cm³/mol. The molecule has 0 unspecified atom stereocenters. The van der Waals surface area contributed by atoms with Crippen LogP contribution in [0.25, 0.3) is 11.3 Å². The first kappa shape index (κ1) is 11.4. The van der Waals surface area contributed by atoms with Gasteiger partial charge in [-0.2, -0.15) is 0 Å². The van der Waals surface area contributed by atoms with E-state index >= 15 is 0 Å². The minimum Gasteiger partial charge on any atom is -0.317 e. The molecule has 2 aromatic rings. The summed E-state index contributed by atoms with van der Waals surface area (Å²) in [5, 5.41) is 11.7. The van der Waals surface area contributed by atoms with E-state index in [0.29, 0.717) is 0 Å². The van der Waals surface area contributed by atoms with Crippen molar-refractivity contribution in [2.45, 2.75) is 19.4 Å². The SMILES string of the molecule is c1ccc(-c2cnnn2CC2CCNCC2)cc1. The van der Waals surface area contributed by atoms with Crippen LogP contribution in [-0.4, -0.2) is 28.1 Å². The molecule has 4 nitrogen and oxygen atoms in total. The van der Waals surface area contributed by atoms with Crippen LogP contribution in [0.15, 0.2) is 36.5 Å². The fourth-order valence-corrected chi connectivity index (χ4v) is 2.53. The van der Waals surface area contributed by atoms with Crippen LogP contribution in [0.2, 0.25) is 0 Å². The van der Waals surface area contributed by atoms with E-state index < -0.39 is 0 Å². The number of benzene rings is 1. The Morgan fingerprint density at radius 1 is 1.17 bits per heavy atom. The molecular weight excluding hydrogens is 224 g/mol. The largest absolute Gasteiger partial charge is 0.317 e. The van der Waals surface area contributed by atoms with Crippen molar-refractivity contribution in [1.82, 2.24) is 20.3 Å². The van der Waals surface area contributed by atoms with E-state index in [-0.39, 0.29) is 0 Å². The molecule has 1 aliphatic heterocycles. The monoisotopic (exact) mass is 242 g/mol. The molecule has 18 heavy (non-hydrogen) atoms. The van der Waals surface area contributed by atoms with Crippen LogP contribution in [0.5, 0.6) is 0 Å². The summed E-state index contributed by atoms with van der Waals surface area (Å²) in [5.74, 6) is 0.718. The number of nitrogens with one attached hydrogen (secondary N) is 1. The molecule has 4 heteroatoms. The molecule has 94 valence electrons. The normalized spacial score (nSPS) is 16.9. The Bertz CT molecular complexity index is 486. The van der Waals surface area contributed by atoms with E-state index in [0.717, 1.165) is 31.2 Å². The number of hydrogen-bond donors (Lipinski definition) is 1. The third kappa shape index (κ3) is 2.43. The molecule has 0 bridgehead atoms. The zero-order chi connectivity index (χ0) is 12.2. The lowest BCUT2D eigenvalue weighted by molar-refractivity contribution is 0.320. The molecule has 1 aromatic heterocycles. The van der Waals surface area contributed by atoms with Gasteiger partial charge in [0, 0.05) is 12.1 Å². The molecular formula is C14H18N4. The maximum atomic E-state index is 4.23. The van der Waals surface area contributed by atoms with Gasteiger partial charge in [0.2, 0.25) is 0 Å². The zero-order valence-corrected chi connectivity index (χ0v) is 10.4. The van der Waals surface area contributed by atoms with Gasteiger partial charge in [0.05, 0.1) is 11.9 Å². The van der Waals surface area contributed by atoms with Gasteiger partial charge < -0.3 is 5.32 Å². The third-order valence-corrected chi connectivity index (χ3v) is 3.58. The number of piperidine rings is 1.